The first-order chi connectivity index (χ1) is 22.9. The number of unbranched alkanes of at least 4 members (excludes halogenated alkanes) is 2. The van der Waals surface area contributed by atoms with Crippen LogP contribution in [0.4, 0.5) is 0 Å². The Morgan fingerprint density at radius 1 is 0.833 bits per heavy atom. The van der Waals surface area contributed by atoms with Gasteiger partial charge < -0.3 is 37.1 Å². The Morgan fingerprint density at radius 2 is 1.48 bits per heavy atom. The molecule has 0 aromatic heterocycles. The molecule has 10 heteroatoms. The second-order valence-corrected chi connectivity index (χ2v) is 16.5. The lowest BCUT2D eigenvalue weighted by molar-refractivity contribution is -0.174. The highest BCUT2D eigenvalue weighted by molar-refractivity contribution is 5.90. The van der Waals surface area contributed by atoms with E-state index in [2.05, 4.69) is 31.4 Å². The molecule has 0 aliphatic heterocycles. The highest BCUT2D eigenvalue weighted by atomic mass is 16.5. The molecule has 12 atom stereocenters. The number of rotatable bonds is 17. The summed E-state index contributed by atoms with van der Waals surface area (Å²) in [6.45, 7) is 10.2. The predicted octanol–water partition coefficient (Wildman–Crippen LogP) is 4.18. The normalized spacial score (nSPS) is 36.1. The molecular weight excluding hydrogens is 608 g/mol. The Hall–Kier alpha value is -1.75. The summed E-state index contributed by atoms with van der Waals surface area (Å²) in [5.74, 6) is 1.60. The predicted molar refractivity (Wildman–Crippen MR) is 187 cm³/mol. The molecule has 0 saturated heterocycles. The van der Waals surface area contributed by atoms with Crippen LogP contribution in [0.2, 0.25) is 0 Å². The van der Waals surface area contributed by atoms with Crippen molar-refractivity contribution in [3.05, 3.63) is 0 Å². The van der Waals surface area contributed by atoms with Gasteiger partial charge in [-0.1, -0.05) is 20.8 Å². The smallest absolute Gasteiger partial charge is 0.328 e. The van der Waals surface area contributed by atoms with Crippen molar-refractivity contribution in [1.82, 2.24) is 10.6 Å². The molecule has 0 radical (unpaired) electrons. The van der Waals surface area contributed by atoms with Gasteiger partial charge in [0.1, 0.15) is 12.1 Å². The van der Waals surface area contributed by atoms with Gasteiger partial charge in [0.05, 0.1) is 18.8 Å². The van der Waals surface area contributed by atoms with Crippen LogP contribution in [-0.4, -0.2) is 72.0 Å². The number of carbonyl (C=O) groups excluding carboxylic acids is 3. The highest BCUT2D eigenvalue weighted by Crippen LogP contribution is 2.68. The first-order valence-electron chi connectivity index (χ1n) is 19.4. The van der Waals surface area contributed by atoms with Gasteiger partial charge in [-0.25, -0.2) is 4.79 Å². The maximum Gasteiger partial charge on any atom is 0.328 e. The molecule has 4 rings (SSSR count). The fourth-order valence-corrected chi connectivity index (χ4v) is 11.0. The van der Waals surface area contributed by atoms with E-state index < -0.39 is 18.1 Å². The van der Waals surface area contributed by atoms with Gasteiger partial charge in [0.2, 0.25) is 11.8 Å². The van der Waals surface area contributed by atoms with Gasteiger partial charge in [0.15, 0.2) is 0 Å². The van der Waals surface area contributed by atoms with Gasteiger partial charge >= 0.3 is 5.97 Å². The standard InChI is InChI=1S/C38H68N4O6/c1-5-48-36(47)31(11-7-9-21-40)42-35(46)30(10-6-8-20-39)41-33(45)15-12-24(2)27-13-14-28-34-29(17-19-38(27,28)4)37(3)18-16-26(43)22-25(37)23-32(34)44/h24-32,34,43-44H,5-23,39-40H2,1-4H3,(H,41,45)(H,42,46). The van der Waals surface area contributed by atoms with Gasteiger partial charge in [-0.15, -0.1) is 0 Å². The van der Waals surface area contributed by atoms with Crippen LogP contribution >= 0.6 is 0 Å². The summed E-state index contributed by atoms with van der Waals surface area (Å²) in [6, 6.07) is -1.52. The molecule has 8 N–H and O–H groups in total. The third-order valence-corrected chi connectivity index (χ3v) is 13.7. The number of aliphatic hydroxyl groups is 2. The van der Waals surface area contributed by atoms with Crippen LogP contribution < -0.4 is 22.1 Å². The number of amides is 2. The molecule has 2 amide bonds. The van der Waals surface area contributed by atoms with Crippen LogP contribution in [0.5, 0.6) is 0 Å². The summed E-state index contributed by atoms with van der Waals surface area (Å²) in [5, 5.41) is 27.8. The lowest BCUT2D eigenvalue weighted by Gasteiger charge is -2.62. The van der Waals surface area contributed by atoms with Crippen molar-refractivity contribution < 1.29 is 29.3 Å². The minimum Gasteiger partial charge on any atom is -0.464 e. The van der Waals surface area contributed by atoms with E-state index in [9.17, 15) is 24.6 Å². The Morgan fingerprint density at radius 3 is 2.15 bits per heavy atom. The number of hydrogen-bond acceptors (Lipinski definition) is 8. The zero-order valence-corrected chi connectivity index (χ0v) is 30.4. The Kier molecular flexibility index (Phi) is 14.2. The Bertz CT molecular complexity index is 1080. The number of hydrogen-bond donors (Lipinski definition) is 6. The summed E-state index contributed by atoms with van der Waals surface area (Å²) in [5.41, 5.74) is 11.7. The van der Waals surface area contributed by atoms with Crippen molar-refractivity contribution in [2.45, 2.75) is 155 Å². The topological polar surface area (TPSA) is 177 Å². The molecule has 0 aromatic rings. The first-order valence-corrected chi connectivity index (χ1v) is 19.4. The van der Waals surface area contributed by atoms with Crippen LogP contribution in [0, 0.1) is 46.3 Å². The maximum absolute atomic E-state index is 13.4. The van der Waals surface area contributed by atoms with E-state index in [4.69, 9.17) is 16.2 Å². The van der Waals surface area contributed by atoms with Crippen LogP contribution in [0.3, 0.4) is 0 Å². The van der Waals surface area contributed by atoms with E-state index in [-0.39, 0.29) is 41.5 Å². The van der Waals surface area contributed by atoms with Gasteiger partial charge in [-0.05, 0) is 163 Å². The van der Waals surface area contributed by atoms with Crippen molar-refractivity contribution in [3.63, 3.8) is 0 Å². The largest absolute Gasteiger partial charge is 0.464 e. The van der Waals surface area contributed by atoms with E-state index in [1.165, 1.54) is 0 Å². The fourth-order valence-electron chi connectivity index (χ4n) is 11.0. The van der Waals surface area contributed by atoms with Crippen molar-refractivity contribution >= 4 is 17.8 Å². The Labute approximate surface area is 289 Å². The Balaban J connectivity index is 1.35. The third-order valence-electron chi connectivity index (χ3n) is 13.7. The number of fused-ring (bicyclic) bond motifs is 5. The molecule has 0 spiro atoms. The molecular formula is C38H68N4O6. The average molecular weight is 677 g/mol. The van der Waals surface area contributed by atoms with E-state index in [1.807, 2.05) is 0 Å². The number of carbonyl (C=O) groups is 3. The summed E-state index contributed by atoms with van der Waals surface area (Å²) < 4.78 is 5.21. The maximum atomic E-state index is 13.4. The number of nitrogens with two attached hydrogens (primary N) is 2. The van der Waals surface area contributed by atoms with Crippen LogP contribution in [0.25, 0.3) is 0 Å². The third kappa shape index (κ3) is 8.75. The summed E-state index contributed by atoms with van der Waals surface area (Å²) in [4.78, 5) is 39.4. The number of aliphatic hydroxyl groups excluding tert-OH is 2. The van der Waals surface area contributed by atoms with Crippen molar-refractivity contribution in [1.29, 1.82) is 0 Å². The van der Waals surface area contributed by atoms with E-state index in [1.54, 1.807) is 6.92 Å². The first kappa shape index (κ1) is 39.0. The summed E-state index contributed by atoms with van der Waals surface area (Å²) in [6.07, 6.45) is 12.5. The molecule has 4 aliphatic carbocycles. The molecule has 48 heavy (non-hydrogen) atoms. The molecule has 0 bridgehead atoms. The minimum absolute atomic E-state index is 0.143. The highest BCUT2D eigenvalue weighted by Gasteiger charge is 2.62. The monoisotopic (exact) mass is 677 g/mol. The molecule has 276 valence electrons. The number of ether oxygens (including phenoxy) is 1. The lowest BCUT2D eigenvalue weighted by atomic mass is 9.43. The average Bonchev–Trinajstić information content (AvgIpc) is 3.41. The lowest BCUT2D eigenvalue weighted by Crippen LogP contribution is -2.58. The molecule has 12 unspecified atom stereocenters. The van der Waals surface area contributed by atoms with Crippen LogP contribution in [0.15, 0.2) is 0 Å². The van der Waals surface area contributed by atoms with Gasteiger partial charge in [-0.2, -0.15) is 0 Å². The summed E-state index contributed by atoms with van der Waals surface area (Å²) >= 11 is 0. The number of esters is 1. The summed E-state index contributed by atoms with van der Waals surface area (Å²) in [7, 11) is 0. The van der Waals surface area contributed by atoms with Crippen molar-refractivity contribution in [2.24, 2.45) is 57.8 Å². The quantitative estimate of drug-likeness (QED) is 0.0982. The molecule has 0 aromatic carbocycles. The zero-order chi connectivity index (χ0) is 35.1. The fraction of sp³-hybridized carbons (Fsp3) is 0.921. The SMILES string of the molecule is CCOC(=O)C(CCCCN)NC(=O)C(CCCCN)NC(=O)CCC(C)C1CCC2C3C(O)CC4CC(O)CCC4(C)C3CCC12C. The van der Waals surface area contributed by atoms with Gasteiger partial charge in [0.25, 0.3) is 0 Å². The molecule has 4 aliphatic rings. The minimum atomic E-state index is -0.773. The second-order valence-electron chi connectivity index (χ2n) is 16.5. The second kappa shape index (κ2) is 17.5. The molecule has 4 saturated carbocycles. The van der Waals surface area contributed by atoms with Crippen molar-refractivity contribution in [3.8, 4) is 0 Å². The van der Waals surface area contributed by atoms with Gasteiger partial charge in [0, 0.05) is 6.42 Å². The zero-order valence-electron chi connectivity index (χ0n) is 30.4. The van der Waals surface area contributed by atoms with Gasteiger partial charge in [-0.3, -0.25) is 9.59 Å². The molecule has 10 nitrogen and oxygen atoms in total. The molecule has 0 heterocycles. The van der Waals surface area contributed by atoms with Crippen LogP contribution in [-0.2, 0) is 19.1 Å². The molecule has 4 fully saturated rings. The van der Waals surface area contributed by atoms with E-state index >= 15 is 0 Å². The van der Waals surface area contributed by atoms with E-state index in [0.717, 1.165) is 70.6 Å². The van der Waals surface area contributed by atoms with E-state index in [0.29, 0.717) is 80.7 Å². The van der Waals surface area contributed by atoms with Crippen LogP contribution in [0.1, 0.15) is 130 Å². The van der Waals surface area contributed by atoms with Crippen molar-refractivity contribution in [2.75, 3.05) is 19.7 Å². The number of nitrogens with one attached hydrogen (secondary N) is 2.